The fourth-order valence-corrected chi connectivity index (χ4v) is 2.50. The van der Waals surface area contributed by atoms with Gasteiger partial charge in [-0.3, -0.25) is 9.68 Å². The molecular formula is C23H28O5. The highest BCUT2D eigenvalue weighted by atomic mass is 17.2. The highest BCUT2D eigenvalue weighted by Crippen LogP contribution is 2.26. The van der Waals surface area contributed by atoms with Crippen LogP contribution in [0.1, 0.15) is 62.5 Å². The van der Waals surface area contributed by atoms with Gasteiger partial charge in [-0.15, -0.1) is 0 Å². The quantitative estimate of drug-likeness (QED) is 0.202. The van der Waals surface area contributed by atoms with E-state index in [4.69, 9.17) is 14.5 Å². The maximum Gasteiger partial charge on any atom is 0.541 e. The van der Waals surface area contributed by atoms with E-state index in [1.807, 2.05) is 18.2 Å². The summed E-state index contributed by atoms with van der Waals surface area (Å²) >= 11 is 0. The first kappa shape index (κ1) is 21.6. The van der Waals surface area contributed by atoms with Crippen LogP contribution in [0.4, 0.5) is 4.79 Å². The lowest BCUT2D eigenvalue weighted by atomic mass is 9.93. The Morgan fingerprint density at radius 1 is 0.821 bits per heavy atom. The predicted molar refractivity (Wildman–Crippen MR) is 107 cm³/mol. The molecule has 0 saturated heterocycles. The van der Waals surface area contributed by atoms with Crippen molar-refractivity contribution in [2.75, 3.05) is 6.61 Å². The highest BCUT2D eigenvalue weighted by molar-refractivity contribution is 6.08. The van der Waals surface area contributed by atoms with E-state index in [1.54, 1.807) is 50.2 Å². The third-order valence-electron chi connectivity index (χ3n) is 4.28. The van der Waals surface area contributed by atoms with Crippen molar-refractivity contribution in [1.82, 2.24) is 0 Å². The number of ketones is 1. The molecule has 0 aromatic heterocycles. The molecule has 0 spiro atoms. The Morgan fingerprint density at radius 3 is 1.96 bits per heavy atom. The second-order valence-electron chi connectivity index (χ2n) is 8.35. The van der Waals surface area contributed by atoms with Gasteiger partial charge in [-0.05, 0) is 31.2 Å². The largest absolute Gasteiger partial charge is 0.541 e. The van der Waals surface area contributed by atoms with Crippen molar-refractivity contribution in [3.8, 4) is 0 Å². The van der Waals surface area contributed by atoms with Crippen molar-refractivity contribution in [2.24, 2.45) is 5.41 Å². The molecule has 0 amide bonds. The van der Waals surface area contributed by atoms with Gasteiger partial charge in [0, 0.05) is 11.1 Å². The van der Waals surface area contributed by atoms with Gasteiger partial charge in [0.25, 0.3) is 0 Å². The van der Waals surface area contributed by atoms with Gasteiger partial charge in [0.05, 0.1) is 6.61 Å². The summed E-state index contributed by atoms with van der Waals surface area (Å²) in [5.41, 5.74) is 1.09. The summed E-state index contributed by atoms with van der Waals surface area (Å²) in [4.78, 5) is 34.0. The average molecular weight is 384 g/mol. The van der Waals surface area contributed by atoms with Crippen LogP contribution in [0.3, 0.4) is 0 Å². The Kier molecular flexibility index (Phi) is 6.97. The number of carbonyl (C=O) groups excluding carboxylic acids is 2. The molecule has 0 bridgehead atoms. The first-order valence-electron chi connectivity index (χ1n) is 9.31. The van der Waals surface area contributed by atoms with E-state index in [-0.39, 0.29) is 11.2 Å². The lowest BCUT2D eigenvalue weighted by Crippen LogP contribution is -2.26. The summed E-state index contributed by atoms with van der Waals surface area (Å²) in [5, 5.41) is 0. The number of hydrogen-bond acceptors (Lipinski definition) is 5. The maximum absolute atomic E-state index is 12.5. The number of ether oxygens (including phenoxy) is 1. The second-order valence-corrected chi connectivity index (χ2v) is 8.35. The molecule has 150 valence electrons. The van der Waals surface area contributed by atoms with Crippen LogP contribution < -0.4 is 0 Å². The Labute approximate surface area is 166 Å². The fourth-order valence-electron chi connectivity index (χ4n) is 2.50. The van der Waals surface area contributed by atoms with Gasteiger partial charge < -0.3 is 4.74 Å². The van der Waals surface area contributed by atoms with E-state index < -0.39 is 11.8 Å². The van der Waals surface area contributed by atoms with Crippen LogP contribution in [0.15, 0.2) is 54.6 Å². The molecule has 0 atom stereocenters. The molecule has 0 N–H and O–H groups in total. The van der Waals surface area contributed by atoms with Crippen LogP contribution in [0, 0.1) is 5.41 Å². The molecule has 0 radical (unpaired) electrons. The Hall–Kier alpha value is -2.66. The number of benzene rings is 2. The zero-order valence-corrected chi connectivity index (χ0v) is 17.2. The van der Waals surface area contributed by atoms with Crippen LogP contribution >= 0.6 is 0 Å². The van der Waals surface area contributed by atoms with Crippen molar-refractivity contribution in [3.05, 3.63) is 71.3 Å². The Bertz CT molecular complexity index is 786. The average Bonchev–Trinajstić information content (AvgIpc) is 2.64. The highest BCUT2D eigenvalue weighted by Gasteiger charge is 2.27. The first-order chi connectivity index (χ1) is 13.1. The lowest BCUT2D eigenvalue weighted by molar-refractivity contribution is -0.264. The topological polar surface area (TPSA) is 61.8 Å². The molecule has 5 heteroatoms. The van der Waals surface area contributed by atoms with Crippen molar-refractivity contribution in [1.29, 1.82) is 0 Å². The Balaban J connectivity index is 1.94. The summed E-state index contributed by atoms with van der Waals surface area (Å²) in [7, 11) is 0. The summed E-state index contributed by atoms with van der Waals surface area (Å²) in [6.07, 6.45) is -0.149. The SMILES string of the molecule is CC(C)(C)CCOOC(=O)OC(C)(C)c1ccc(C(=O)c2ccccc2)cc1. The normalized spacial score (nSPS) is 11.8. The predicted octanol–water partition coefficient (Wildman–Crippen LogP) is 5.67. The molecule has 0 aliphatic rings. The third kappa shape index (κ3) is 6.50. The third-order valence-corrected chi connectivity index (χ3v) is 4.28. The van der Waals surface area contributed by atoms with Crippen LogP contribution in [-0.4, -0.2) is 18.5 Å². The van der Waals surface area contributed by atoms with E-state index >= 15 is 0 Å². The summed E-state index contributed by atoms with van der Waals surface area (Å²) in [5.74, 6) is -0.0578. The molecule has 0 fully saturated rings. The van der Waals surface area contributed by atoms with Crippen molar-refractivity contribution in [2.45, 2.75) is 46.6 Å². The van der Waals surface area contributed by atoms with Gasteiger partial charge in [0.2, 0.25) is 0 Å². The number of carbonyl (C=O) groups is 2. The first-order valence-corrected chi connectivity index (χ1v) is 9.31. The Morgan fingerprint density at radius 2 is 1.39 bits per heavy atom. The molecule has 0 heterocycles. The molecule has 0 saturated carbocycles. The number of rotatable bonds is 7. The van der Waals surface area contributed by atoms with Gasteiger partial charge >= 0.3 is 6.16 Å². The van der Waals surface area contributed by atoms with Gasteiger partial charge in [-0.2, -0.15) is 4.89 Å². The van der Waals surface area contributed by atoms with E-state index in [0.29, 0.717) is 17.7 Å². The molecule has 0 aliphatic heterocycles. The van der Waals surface area contributed by atoms with E-state index in [1.165, 1.54) is 0 Å². The van der Waals surface area contributed by atoms with Gasteiger partial charge in [-0.1, -0.05) is 75.4 Å². The lowest BCUT2D eigenvalue weighted by Gasteiger charge is -2.25. The van der Waals surface area contributed by atoms with Crippen LogP contribution in [0.5, 0.6) is 0 Å². The molecule has 28 heavy (non-hydrogen) atoms. The minimum Gasteiger partial charge on any atom is -0.421 e. The van der Waals surface area contributed by atoms with Gasteiger partial charge in [0.15, 0.2) is 5.78 Å². The monoisotopic (exact) mass is 384 g/mol. The summed E-state index contributed by atoms with van der Waals surface area (Å²) < 4.78 is 5.37. The molecule has 2 aromatic carbocycles. The fraction of sp³-hybridized carbons (Fsp3) is 0.391. The van der Waals surface area contributed by atoms with E-state index in [0.717, 1.165) is 12.0 Å². The molecule has 0 aliphatic carbocycles. The second kappa shape index (κ2) is 9.02. The maximum atomic E-state index is 12.5. The van der Waals surface area contributed by atoms with Crippen LogP contribution in [0.2, 0.25) is 0 Å². The summed E-state index contributed by atoms with van der Waals surface area (Å²) in [6, 6.07) is 16.1. The molecule has 0 unspecified atom stereocenters. The van der Waals surface area contributed by atoms with Crippen LogP contribution in [-0.2, 0) is 20.1 Å². The summed E-state index contributed by atoms with van der Waals surface area (Å²) in [6.45, 7) is 10.0. The molecule has 2 aromatic rings. The minimum absolute atomic E-state index is 0.0578. The standard InChI is InChI=1S/C23H28O5/c1-22(2,3)15-16-26-28-21(25)27-23(4,5)19-13-11-18(12-14-19)20(24)17-9-7-6-8-10-17/h6-14H,15-16H2,1-5H3. The van der Waals surface area contributed by atoms with E-state index in [9.17, 15) is 9.59 Å². The van der Waals surface area contributed by atoms with Crippen molar-refractivity contribution < 1.29 is 24.1 Å². The van der Waals surface area contributed by atoms with E-state index in [2.05, 4.69) is 20.8 Å². The molecule has 2 rings (SSSR count). The molecule has 5 nitrogen and oxygen atoms in total. The van der Waals surface area contributed by atoms with Crippen molar-refractivity contribution >= 4 is 11.9 Å². The van der Waals surface area contributed by atoms with Crippen molar-refractivity contribution in [3.63, 3.8) is 0 Å². The van der Waals surface area contributed by atoms with Crippen LogP contribution in [0.25, 0.3) is 0 Å². The number of hydrogen-bond donors (Lipinski definition) is 0. The smallest absolute Gasteiger partial charge is 0.421 e. The zero-order valence-electron chi connectivity index (χ0n) is 17.2. The van der Waals surface area contributed by atoms with Gasteiger partial charge in [-0.25, -0.2) is 4.79 Å². The zero-order chi connectivity index (χ0) is 20.8. The minimum atomic E-state index is -0.932. The molecular weight excluding hydrogens is 356 g/mol. The van der Waals surface area contributed by atoms with Gasteiger partial charge in [0.1, 0.15) is 5.60 Å².